The third kappa shape index (κ3) is 4.95. The summed E-state index contributed by atoms with van der Waals surface area (Å²) in [6.45, 7) is 2.52. The van der Waals surface area contributed by atoms with Crippen LogP contribution in [0.15, 0.2) is 57.9 Å². The van der Waals surface area contributed by atoms with Crippen LogP contribution in [0.5, 0.6) is 0 Å². The van der Waals surface area contributed by atoms with E-state index in [1.807, 2.05) is 19.1 Å². The summed E-state index contributed by atoms with van der Waals surface area (Å²) in [5.74, 6) is -0.494. The van der Waals surface area contributed by atoms with Crippen molar-refractivity contribution >= 4 is 43.5 Å². The molecule has 1 fully saturated rings. The Labute approximate surface area is 179 Å². The van der Waals surface area contributed by atoms with Crippen molar-refractivity contribution in [2.24, 2.45) is 5.92 Å². The van der Waals surface area contributed by atoms with Gasteiger partial charge < -0.3 is 5.32 Å². The smallest absolute Gasteiger partial charge is 0.243 e. The van der Waals surface area contributed by atoms with E-state index >= 15 is 0 Å². The highest BCUT2D eigenvalue weighted by molar-refractivity contribution is 9.10. The maximum Gasteiger partial charge on any atom is 0.243 e. The fraction of sp³-hybridized carbons (Fsp3) is 0.350. The van der Waals surface area contributed by atoms with Gasteiger partial charge in [0.1, 0.15) is 0 Å². The van der Waals surface area contributed by atoms with Crippen LogP contribution >= 0.6 is 27.5 Å². The number of nitrogens with zero attached hydrogens (tertiary/aromatic N) is 1. The fourth-order valence-corrected chi connectivity index (χ4v) is 5.21. The van der Waals surface area contributed by atoms with E-state index in [1.54, 1.807) is 36.4 Å². The highest BCUT2D eigenvalue weighted by atomic mass is 79.9. The van der Waals surface area contributed by atoms with Gasteiger partial charge in [-0.2, -0.15) is 4.31 Å². The quantitative estimate of drug-likeness (QED) is 0.683. The highest BCUT2D eigenvalue weighted by Crippen LogP contribution is 2.26. The van der Waals surface area contributed by atoms with E-state index in [-0.39, 0.29) is 29.3 Å². The first-order valence-electron chi connectivity index (χ1n) is 9.09. The van der Waals surface area contributed by atoms with E-state index in [9.17, 15) is 13.2 Å². The van der Waals surface area contributed by atoms with Crippen molar-refractivity contribution in [1.29, 1.82) is 0 Å². The van der Waals surface area contributed by atoms with E-state index in [0.29, 0.717) is 24.4 Å². The minimum atomic E-state index is -3.61. The lowest BCUT2D eigenvalue weighted by Gasteiger charge is -2.32. The lowest BCUT2D eigenvalue weighted by Crippen LogP contribution is -2.45. The average Bonchev–Trinajstić information content (AvgIpc) is 2.69. The van der Waals surface area contributed by atoms with E-state index in [4.69, 9.17) is 11.6 Å². The average molecular weight is 486 g/mol. The molecule has 0 spiro atoms. The SMILES string of the molecule is CC(NC(=O)C1CCCN(S(=O)(=O)c2ccc(Br)cc2)C1)c1ccc(Cl)cc1. The molecule has 3 rings (SSSR count). The molecule has 1 N–H and O–H groups in total. The number of piperidine rings is 1. The largest absolute Gasteiger partial charge is 0.349 e. The molecule has 5 nitrogen and oxygen atoms in total. The third-order valence-corrected chi connectivity index (χ3v) is 7.60. The number of halogens is 2. The summed E-state index contributed by atoms with van der Waals surface area (Å²) in [7, 11) is -3.61. The van der Waals surface area contributed by atoms with Crippen LogP contribution in [0.1, 0.15) is 31.4 Å². The molecule has 0 aromatic heterocycles. The molecule has 0 aliphatic carbocycles. The summed E-state index contributed by atoms with van der Waals surface area (Å²) < 4.78 is 28.0. The van der Waals surface area contributed by atoms with E-state index in [2.05, 4.69) is 21.2 Å². The van der Waals surface area contributed by atoms with Crippen molar-refractivity contribution < 1.29 is 13.2 Å². The first-order chi connectivity index (χ1) is 13.3. The van der Waals surface area contributed by atoms with Gasteiger partial charge in [0.05, 0.1) is 16.9 Å². The third-order valence-electron chi connectivity index (χ3n) is 4.94. The zero-order valence-corrected chi connectivity index (χ0v) is 18.6. The van der Waals surface area contributed by atoms with Crippen LogP contribution < -0.4 is 5.32 Å². The number of carbonyl (C=O) groups excluding carboxylic acids is 1. The number of hydrogen-bond donors (Lipinski definition) is 1. The second-order valence-corrected chi connectivity index (χ2v) is 10.2. The molecule has 0 saturated carbocycles. The maximum atomic E-state index is 12.9. The van der Waals surface area contributed by atoms with Crippen LogP contribution in [0.2, 0.25) is 5.02 Å². The molecule has 28 heavy (non-hydrogen) atoms. The van der Waals surface area contributed by atoms with Gasteiger partial charge in [-0.25, -0.2) is 8.42 Å². The first-order valence-corrected chi connectivity index (χ1v) is 11.7. The molecule has 150 valence electrons. The molecule has 2 atom stereocenters. The Hall–Kier alpha value is -1.41. The summed E-state index contributed by atoms with van der Waals surface area (Å²) >= 11 is 9.22. The molecule has 2 aromatic rings. The standard InChI is InChI=1S/C20H22BrClN2O3S/c1-14(15-4-8-18(22)9-5-15)23-20(25)16-3-2-12-24(13-16)28(26,27)19-10-6-17(21)7-11-19/h4-11,14,16H,2-3,12-13H2,1H3,(H,23,25). The first kappa shape index (κ1) is 21.3. The van der Waals surface area contributed by atoms with Crippen molar-refractivity contribution in [3.63, 3.8) is 0 Å². The Balaban J connectivity index is 1.67. The second kappa shape index (κ2) is 8.95. The minimum Gasteiger partial charge on any atom is -0.349 e. The Kier molecular flexibility index (Phi) is 6.81. The van der Waals surface area contributed by atoms with Gasteiger partial charge in [-0.3, -0.25) is 4.79 Å². The Bertz CT molecular complexity index is 933. The number of rotatable bonds is 5. The van der Waals surface area contributed by atoms with Crippen molar-refractivity contribution in [3.8, 4) is 0 Å². The minimum absolute atomic E-state index is 0.127. The number of benzene rings is 2. The Morgan fingerprint density at radius 1 is 1.18 bits per heavy atom. The highest BCUT2D eigenvalue weighted by Gasteiger charge is 2.33. The predicted molar refractivity (Wildman–Crippen MR) is 114 cm³/mol. The monoisotopic (exact) mass is 484 g/mol. The lowest BCUT2D eigenvalue weighted by atomic mass is 9.98. The van der Waals surface area contributed by atoms with Gasteiger partial charge in [0, 0.05) is 22.6 Å². The van der Waals surface area contributed by atoms with E-state index in [1.165, 1.54) is 4.31 Å². The molecular weight excluding hydrogens is 464 g/mol. The molecule has 0 radical (unpaired) electrons. The molecule has 1 aliphatic heterocycles. The number of hydrogen-bond acceptors (Lipinski definition) is 3. The van der Waals surface area contributed by atoms with Crippen LogP contribution in [-0.2, 0) is 14.8 Å². The van der Waals surface area contributed by atoms with Crippen LogP contribution in [0.4, 0.5) is 0 Å². The molecule has 1 saturated heterocycles. The van der Waals surface area contributed by atoms with Gasteiger partial charge >= 0.3 is 0 Å². The van der Waals surface area contributed by atoms with Crippen LogP contribution in [0, 0.1) is 5.92 Å². The van der Waals surface area contributed by atoms with Crippen LogP contribution in [0.3, 0.4) is 0 Å². The second-order valence-electron chi connectivity index (χ2n) is 6.94. The van der Waals surface area contributed by atoms with Crippen LogP contribution in [-0.4, -0.2) is 31.7 Å². The molecule has 8 heteroatoms. The summed E-state index contributed by atoms with van der Waals surface area (Å²) in [6, 6.07) is 13.7. The maximum absolute atomic E-state index is 12.9. The molecule has 2 aromatic carbocycles. The molecular formula is C20H22BrClN2O3S. The molecule has 1 aliphatic rings. The number of carbonyl (C=O) groups is 1. The number of sulfonamides is 1. The van der Waals surface area contributed by atoms with Crippen LogP contribution in [0.25, 0.3) is 0 Å². The van der Waals surface area contributed by atoms with Crippen molar-refractivity contribution in [1.82, 2.24) is 9.62 Å². The van der Waals surface area contributed by atoms with Gasteiger partial charge in [0.2, 0.25) is 15.9 Å². The van der Waals surface area contributed by atoms with Gasteiger partial charge in [-0.15, -0.1) is 0 Å². The van der Waals surface area contributed by atoms with Crippen molar-refractivity contribution in [2.45, 2.75) is 30.7 Å². The predicted octanol–water partition coefficient (Wildman–Crippen LogP) is 4.38. The number of nitrogens with one attached hydrogen (secondary N) is 1. The fourth-order valence-electron chi connectivity index (χ4n) is 3.30. The summed E-state index contributed by atoms with van der Waals surface area (Å²) in [5.41, 5.74) is 0.952. The molecule has 2 unspecified atom stereocenters. The van der Waals surface area contributed by atoms with Gasteiger partial charge in [0.15, 0.2) is 0 Å². The zero-order valence-electron chi connectivity index (χ0n) is 15.4. The van der Waals surface area contributed by atoms with Gasteiger partial charge in [-0.1, -0.05) is 39.7 Å². The van der Waals surface area contributed by atoms with Gasteiger partial charge in [0.25, 0.3) is 0 Å². The van der Waals surface area contributed by atoms with E-state index < -0.39 is 10.0 Å². The van der Waals surface area contributed by atoms with E-state index in [0.717, 1.165) is 10.0 Å². The zero-order chi connectivity index (χ0) is 20.3. The van der Waals surface area contributed by atoms with Crippen molar-refractivity contribution in [2.75, 3.05) is 13.1 Å². The Morgan fingerprint density at radius 2 is 1.82 bits per heavy atom. The van der Waals surface area contributed by atoms with Gasteiger partial charge in [-0.05, 0) is 61.7 Å². The molecule has 1 heterocycles. The van der Waals surface area contributed by atoms with Crippen molar-refractivity contribution in [3.05, 3.63) is 63.6 Å². The topological polar surface area (TPSA) is 66.5 Å². The Morgan fingerprint density at radius 3 is 2.46 bits per heavy atom. The summed E-state index contributed by atoms with van der Waals surface area (Å²) in [5, 5.41) is 3.64. The summed E-state index contributed by atoms with van der Waals surface area (Å²) in [4.78, 5) is 13.0. The molecule has 0 bridgehead atoms. The summed E-state index contributed by atoms with van der Waals surface area (Å²) in [6.07, 6.45) is 1.33. The normalized spacial score (nSPS) is 19.2. The lowest BCUT2D eigenvalue weighted by molar-refractivity contribution is -0.126. The molecule has 1 amide bonds. The number of amides is 1.